The van der Waals surface area contributed by atoms with Crippen molar-refractivity contribution in [1.82, 2.24) is 4.31 Å². The summed E-state index contributed by atoms with van der Waals surface area (Å²) in [5.74, 6) is 0. The van der Waals surface area contributed by atoms with Gasteiger partial charge in [-0.1, -0.05) is 19.8 Å². The molecule has 4 nitrogen and oxygen atoms in total. The van der Waals surface area contributed by atoms with E-state index in [4.69, 9.17) is 5.26 Å². The molecule has 0 saturated heterocycles. The number of hydrogen-bond donors (Lipinski definition) is 0. The van der Waals surface area contributed by atoms with Gasteiger partial charge in [-0.2, -0.15) is 5.26 Å². The quantitative estimate of drug-likeness (QED) is 0.368. The van der Waals surface area contributed by atoms with Crippen molar-refractivity contribution in [3.8, 4) is 6.19 Å². The summed E-state index contributed by atoms with van der Waals surface area (Å²) >= 11 is 0. The van der Waals surface area contributed by atoms with E-state index in [1.54, 1.807) is 6.19 Å². The SMILES string of the molecule is CCCCCN(C#N)S(C)(=O)=O. The fraction of sp³-hybridized carbons (Fsp3) is 0.857. The highest BCUT2D eigenvalue weighted by Crippen LogP contribution is 2.01. The molecule has 0 unspecified atom stereocenters. The Bertz CT molecular complexity index is 253. The summed E-state index contributed by atoms with van der Waals surface area (Å²) < 4.78 is 22.5. The lowest BCUT2D eigenvalue weighted by Crippen LogP contribution is -2.25. The first-order valence-electron chi connectivity index (χ1n) is 3.89. The molecule has 12 heavy (non-hydrogen) atoms. The van der Waals surface area contributed by atoms with Crippen LogP contribution >= 0.6 is 0 Å². The van der Waals surface area contributed by atoms with Crippen molar-refractivity contribution < 1.29 is 8.42 Å². The third-order valence-corrected chi connectivity index (χ3v) is 2.54. The lowest BCUT2D eigenvalue weighted by molar-refractivity contribution is 0.495. The lowest BCUT2D eigenvalue weighted by atomic mass is 10.2. The van der Waals surface area contributed by atoms with E-state index >= 15 is 0 Å². The van der Waals surface area contributed by atoms with Gasteiger partial charge in [-0.25, -0.2) is 12.7 Å². The van der Waals surface area contributed by atoms with Crippen LogP contribution in [0.4, 0.5) is 0 Å². The number of nitrogens with zero attached hydrogens (tertiary/aromatic N) is 2. The maximum Gasteiger partial charge on any atom is 0.240 e. The summed E-state index contributed by atoms with van der Waals surface area (Å²) in [6, 6.07) is 0. The molecule has 0 rings (SSSR count). The Hall–Kier alpha value is -0.760. The maximum atomic E-state index is 10.9. The average molecular weight is 190 g/mol. The summed E-state index contributed by atoms with van der Waals surface area (Å²) in [6.45, 7) is 2.33. The third-order valence-electron chi connectivity index (χ3n) is 1.48. The number of hydrogen-bond acceptors (Lipinski definition) is 3. The van der Waals surface area contributed by atoms with Gasteiger partial charge < -0.3 is 0 Å². The average Bonchev–Trinajstić information content (AvgIpc) is 1.95. The minimum atomic E-state index is -3.32. The van der Waals surface area contributed by atoms with Crippen LogP contribution in [0.15, 0.2) is 0 Å². The van der Waals surface area contributed by atoms with Crippen LogP contribution in [0.25, 0.3) is 0 Å². The first kappa shape index (κ1) is 11.2. The van der Waals surface area contributed by atoms with E-state index in [0.717, 1.165) is 29.8 Å². The molecule has 0 aromatic heterocycles. The van der Waals surface area contributed by atoms with Crippen LogP contribution in [0.2, 0.25) is 0 Å². The highest BCUT2D eigenvalue weighted by atomic mass is 32.2. The largest absolute Gasteiger partial charge is 0.240 e. The molecular formula is C7H14N2O2S. The van der Waals surface area contributed by atoms with Crippen molar-refractivity contribution in [1.29, 1.82) is 5.26 Å². The number of sulfonamides is 1. The Morgan fingerprint density at radius 2 is 2.00 bits per heavy atom. The molecule has 0 spiro atoms. The molecule has 0 fully saturated rings. The van der Waals surface area contributed by atoms with Crippen molar-refractivity contribution in [2.45, 2.75) is 26.2 Å². The second-order valence-corrected chi connectivity index (χ2v) is 4.55. The first-order chi connectivity index (χ1) is 5.52. The van der Waals surface area contributed by atoms with Gasteiger partial charge in [0, 0.05) is 6.54 Å². The van der Waals surface area contributed by atoms with E-state index in [1.807, 2.05) is 6.92 Å². The van der Waals surface area contributed by atoms with Crippen LogP contribution in [0, 0.1) is 11.5 Å². The van der Waals surface area contributed by atoms with E-state index < -0.39 is 10.0 Å². The molecule has 0 aromatic carbocycles. The summed E-state index contributed by atoms with van der Waals surface area (Å²) in [5.41, 5.74) is 0. The van der Waals surface area contributed by atoms with Gasteiger partial charge in [0.2, 0.25) is 10.0 Å². The molecule has 0 atom stereocenters. The van der Waals surface area contributed by atoms with Crippen molar-refractivity contribution in [2.75, 3.05) is 12.8 Å². The van der Waals surface area contributed by atoms with Crippen LogP contribution in [-0.4, -0.2) is 25.5 Å². The van der Waals surface area contributed by atoms with Crippen LogP contribution in [0.5, 0.6) is 0 Å². The zero-order chi connectivity index (χ0) is 9.61. The van der Waals surface area contributed by atoms with E-state index in [9.17, 15) is 8.42 Å². The number of unbranched alkanes of at least 4 members (excludes halogenated alkanes) is 2. The van der Waals surface area contributed by atoms with E-state index in [1.165, 1.54) is 0 Å². The zero-order valence-electron chi connectivity index (χ0n) is 7.45. The smallest absolute Gasteiger partial charge is 0.206 e. The van der Waals surface area contributed by atoms with Gasteiger partial charge in [-0.05, 0) is 6.42 Å². The van der Waals surface area contributed by atoms with Crippen molar-refractivity contribution in [3.05, 3.63) is 0 Å². The third kappa shape index (κ3) is 4.19. The van der Waals surface area contributed by atoms with Gasteiger partial charge in [-0.3, -0.25) is 0 Å². The molecule has 0 bridgehead atoms. The predicted octanol–water partition coefficient (Wildman–Crippen LogP) is 0.919. The Morgan fingerprint density at radius 1 is 1.42 bits per heavy atom. The second-order valence-electron chi connectivity index (χ2n) is 2.64. The summed E-state index contributed by atoms with van der Waals surface area (Å²) in [4.78, 5) is 0. The first-order valence-corrected chi connectivity index (χ1v) is 5.74. The molecule has 0 aliphatic rings. The van der Waals surface area contributed by atoms with Gasteiger partial charge in [0.1, 0.15) is 0 Å². The van der Waals surface area contributed by atoms with Crippen LogP contribution in [0.1, 0.15) is 26.2 Å². The van der Waals surface area contributed by atoms with E-state index in [0.29, 0.717) is 6.54 Å². The molecule has 70 valence electrons. The molecule has 5 heteroatoms. The van der Waals surface area contributed by atoms with Crippen molar-refractivity contribution in [3.63, 3.8) is 0 Å². The van der Waals surface area contributed by atoms with Crippen molar-refractivity contribution >= 4 is 10.0 Å². The normalized spacial score (nSPS) is 10.8. The summed E-state index contributed by atoms with van der Waals surface area (Å²) in [5, 5.41) is 8.46. The van der Waals surface area contributed by atoms with Crippen LogP contribution in [0.3, 0.4) is 0 Å². The van der Waals surface area contributed by atoms with Gasteiger partial charge in [0.25, 0.3) is 0 Å². The van der Waals surface area contributed by atoms with Crippen LogP contribution < -0.4 is 0 Å². The summed E-state index contributed by atoms with van der Waals surface area (Å²) in [7, 11) is -3.32. The van der Waals surface area contributed by atoms with E-state index in [-0.39, 0.29) is 0 Å². The minimum absolute atomic E-state index is 0.309. The van der Waals surface area contributed by atoms with Crippen molar-refractivity contribution in [2.24, 2.45) is 0 Å². The zero-order valence-corrected chi connectivity index (χ0v) is 8.26. The topological polar surface area (TPSA) is 61.2 Å². The molecule has 0 N–H and O–H groups in total. The maximum absolute atomic E-state index is 10.9. The fourth-order valence-electron chi connectivity index (χ4n) is 0.795. The Labute approximate surface area is 73.8 Å². The number of rotatable bonds is 5. The Kier molecular flexibility index (Phi) is 4.67. The second kappa shape index (κ2) is 4.99. The van der Waals surface area contributed by atoms with Gasteiger partial charge >= 0.3 is 0 Å². The molecule has 0 saturated carbocycles. The predicted molar refractivity (Wildman–Crippen MR) is 46.7 cm³/mol. The van der Waals surface area contributed by atoms with E-state index in [2.05, 4.69) is 0 Å². The highest BCUT2D eigenvalue weighted by Gasteiger charge is 2.12. The van der Waals surface area contributed by atoms with Gasteiger partial charge in [-0.15, -0.1) is 0 Å². The molecular weight excluding hydrogens is 176 g/mol. The standard InChI is InChI=1S/C7H14N2O2S/c1-3-4-5-6-9(7-8)12(2,10)11/h3-6H2,1-2H3. The molecule has 0 aliphatic carbocycles. The molecule has 0 amide bonds. The molecule has 0 aliphatic heterocycles. The van der Waals surface area contributed by atoms with Gasteiger partial charge in [0.15, 0.2) is 6.19 Å². The highest BCUT2D eigenvalue weighted by molar-refractivity contribution is 7.88. The molecule has 0 aromatic rings. The summed E-state index contributed by atoms with van der Waals surface area (Å²) in [6.07, 6.45) is 5.41. The Morgan fingerprint density at radius 3 is 2.33 bits per heavy atom. The Balaban J connectivity index is 3.97. The fourth-order valence-corrected chi connectivity index (χ4v) is 1.40. The molecule has 0 radical (unpaired) electrons. The minimum Gasteiger partial charge on any atom is -0.206 e. The lowest BCUT2D eigenvalue weighted by Gasteiger charge is -2.11. The monoisotopic (exact) mass is 190 g/mol. The molecule has 0 heterocycles. The van der Waals surface area contributed by atoms with Crippen LogP contribution in [-0.2, 0) is 10.0 Å². The van der Waals surface area contributed by atoms with Gasteiger partial charge in [0.05, 0.1) is 6.26 Å². The number of nitriles is 1.